The van der Waals surface area contributed by atoms with Crippen molar-refractivity contribution < 1.29 is 38.4 Å². The van der Waals surface area contributed by atoms with Crippen LogP contribution in [0.5, 0.6) is 0 Å². The number of nitrogens with two attached hydrogens (primary N) is 1. The first kappa shape index (κ1) is 33.4. The molecule has 5 atom stereocenters. The lowest BCUT2D eigenvalue weighted by atomic mass is 9.93. The molecule has 1 aromatic heterocycles. The van der Waals surface area contributed by atoms with Gasteiger partial charge < -0.3 is 40.1 Å². The number of amidine groups is 1. The van der Waals surface area contributed by atoms with E-state index < -0.39 is 47.4 Å². The minimum atomic E-state index is -1.45. The number of nitrogens with zero attached hydrogens (tertiary/aromatic N) is 1. The highest BCUT2D eigenvalue weighted by Crippen LogP contribution is 2.41. The summed E-state index contributed by atoms with van der Waals surface area (Å²) in [5.74, 6) is -1.44. The summed E-state index contributed by atoms with van der Waals surface area (Å²) in [6.07, 6.45) is 1.71. The maximum atomic E-state index is 12.8. The number of aliphatic hydroxyl groups is 1. The molecule has 6 N–H and O–H groups in total. The van der Waals surface area contributed by atoms with Gasteiger partial charge in [0.2, 0.25) is 0 Å². The lowest BCUT2D eigenvalue weighted by Crippen LogP contribution is -2.46. The van der Waals surface area contributed by atoms with E-state index in [1.165, 1.54) is 7.11 Å². The first-order chi connectivity index (χ1) is 19.7. The molecule has 1 saturated heterocycles. The van der Waals surface area contributed by atoms with Crippen molar-refractivity contribution in [2.24, 2.45) is 22.6 Å². The molecule has 1 aliphatic heterocycles. The van der Waals surface area contributed by atoms with Crippen LogP contribution >= 0.6 is 0 Å². The van der Waals surface area contributed by atoms with E-state index >= 15 is 0 Å². The Kier molecular flexibility index (Phi) is 11.0. The molecular formula is C29H45N5O8. The smallest absolute Gasteiger partial charge is 0.323 e. The molecule has 0 bridgehead atoms. The van der Waals surface area contributed by atoms with Crippen LogP contribution in [0, 0.1) is 17.2 Å². The van der Waals surface area contributed by atoms with E-state index in [0.717, 1.165) is 32.0 Å². The summed E-state index contributed by atoms with van der Waals surface area (Å²) in [4.78, 5) is 45.1. The highest BCUT2D eigenvalue weighted by molar-refractivity contribution is 6.10. The van der Waals surface area contributed by atoms with Gasteiger partial charge in [0, 0.05) is 13.5 Å². The van der Waals surface area contributed by atoms with Crippen LogP contribution in [0.2, 0.25) is 0 Å². The van der Waals surface area contributed by atoms with Gasteiger partial charge in [0.25, 0.3) is 5.91 Å². The van der Waals surface area contributed by atoms with Crippen LogP contribution < -0.4 is 11.1 Å². The van der Waals surface area contributed by atoms with Crippen LogP contribution in [-0.2, 0) is 38.9 Å². The zero-order valence-corrected chi connectivity index (χ0v) is 25.3. The Balaban J connectivity index is 1.84. The van der Waals surface area contributed by atoms with Gasteiger partial charge in [-0.1, -0.05) is 26.7 Å². The number of rotatable bonds is 12. The zero-order valence-electron chi connectivity index (χ0n) is 25.3. The predicted molar refractivity (Wildman–Crippen MR) is 154 cm³/mol. The van der Waals surface area contributed by atoms with Crippen LogP contribution in [0.25, 0.3) is 0 Å². The summed E-state index contributed by atoms with van der Waals surface area (Å²) in [5.41, 5.74) is 4.10. The van der Waals surface area contributed by atoms with Gasteiger partial charge in [-0.2, -0.15) is 0 Å². The van der Waals surface area contributed by atoms with Gasteiger partial charge in [0.15, 0.2) is 11.9 Å². The van der Waals surface area contributed by atoms with Crippen molar-refractivity contribution in [3.05, 3.63) is 23.5 Å². The zero-order chi connectivity index (χ0) is 31.2. The molecule has 3 rings (SSSR count). The SMILES string of the molecule is COC(C)(C)C(=O)NC(=NC=N)c1ccc([C@]2(C)O[C@H](COC(=O)CC3CCCC3)[C@@H](OC(=O)[C@@H](N)C(C)C)[C@H]2O)[nH]1. The van der Waals surface area contributed by atoms with Gasteiger partial charge in [0.05, 0.1) is 11.4 Å². The Labute approximate surface area is 246 Å². The first-order valence-corrected chi connectivity index (χ1v) is 14.3. The summed E-state index contributed by atoms with van der Waals surface area (Å²) >= 11 is 0. The second-order valence-electron chi connectivity index (χ2n) is 12.0. The molecule has 234 valence electrons. The quantitative estimate of drug-likeness (QED) is 0.137. The van der Waals surface area contributed by atoms with E-state index in [4.69, 9.17) is 30.1 Å². The minimum absolute atomic E-state index is 0.0470. The highest BCUT2D eigenvalue weighted by atomic mass is 16.6. The summed E-state index contributed by atoms with van der Waals surface area (Å²) in [7, 11) is 1.40. The molecular weight excluding hydrogens is 546 g/mol. The molecule has 42 heavy (non-hydrogen) atoms. The average Bonchev–Trinajstić information content (AvgIpc) is 3.69. The molecule has 1 aliphatic carbocycles. The van der Waals surface area contributed by atoms with E-state index in [-0.39, 0.29) is 24.3 Å². The largest absolute Gasteiger partial charge is 0.463 e. The number of aliphatic imine (C=N–C) groups is 1. The van der Waals surface area contributed by atoms with Crippen molar-refractivity contribution in [1.82, 2.24) is 10.3 Å². The van der Waals surface area contributed by atoms with Gasteiger partial charge >= 0.3 is 11.9 Å². The van der Waals surface area contributed by atoms with E-state index in [9.17, 15) is 19.5 Å². The van der Waals surface area contributed by atoms with Gasteiger partial charge in [0.1, 0.15) is 42.4 Å². The van der Waals surface area contributed by atoms with Crippen LogP contribution in [0.4, 0.5) is 0 Å². The lowest BCUT2D eigenvalue weighted by Gasteiger charge is -2.27. The molecule has 2 aliphatic rings. The van der Waals surface area contributed by atoms with Gasteiger partial charge in [-0.25, -0.2) is 4.99 Å². The molecule has 1 amide bonds. The number of hydrogen-bond acceptors (Lipinski definition) is 10. The van der Waals surface area contributed by atoms with Crippen LogP contribution in [0.15, 0.2) is 17.1 Å². The number of nitrogens with one attached hydrogen (secondary N) is 3. The van der Waals surface area contributed by atoms with Gasteiger partial charge in [-0.3, -0.25) is 19.8 Å². The molecule has 2 heterocycles. The average molecular weight is 592 g/mol. The number of ether oxygens (including phenoxy) is 4. The van der Waals surface area contributed by atoms with Gasteiger partial charge in [-0.05, 0) is 57.6 Å². The van der Waals surface area contributed by atoms with Crippen molar-refractivity contribution in [1.29, 1.82) is 5.41 Å². The third-order valence-corrected chi connectivity index (χ3v) is 8.18. The van der Waals surface area contributed by atoms with E-state index in [1.54, 1.807) is 46.8 Å². The normalized spacial score (nSPS) is 25.8. The fraction of sp³-hybridized carbons (Fsp3) is 0.690. The van der Waals surface area contributed by atoms with Crippen molar-refractivity contribution in [2.75, 3.05) is 13.7 Å². The number of aliphatic hydroxyl groups excluding tert-OH is 1. The standard InChI is InChI=1S/C29H45N5O8/c1-16(2)22(31)26(37)41-23-19(14-40-21(35)13-17-9-7-8-10-17)42-29(5,24(23)36)20-12-11-18(33-20)25(32-15-30)34-27(38)28(3,4)39-6/h11-12,15-17,19,22-24,33,36H,7-10,13-14,31H2,1-6H3,(H2,30,32,34,38)/t19-,22+,23-,24-,29+/m1/s1. The Morgan fingerprint density at radius 2 is 1.98 bits per heavy atom. The fourth-order valence-corrected chi connectivity index (χ4v) is 5.04. The molecule has 2 fully saturated rings. The molecule has 13 heteroatoms. The Hall–Kier alpha value is -3.13. The first-order valence-electron chi connectivity index (χ1n) is 14.3. The molecule has 1 aromatic rings. The molecule has 0 spiro atoms. The number of aromatic nitrogens is 1. The molecule has 13 nitrogen and oxygen atoms in total. The maximum Gasteiger partial charge on any atom is 0.323 e. The minimum Gasteiger partial charge on any atom is -0.463 e. The topological polar surface area (TPSA) is 198 Å². The number of hydrogen-bond donors (Lipinski definition) is 5. The maximum absolute atomic E-state index is 12.8. The van der Waals surface area contributed by atoms with Crippen molar-refractivity contribution in [3.63, 3.8) is 0 Å². The Morgan fingerprint density at radius 1 is 1.31 bits per heavy atom. The van der Waals surface area contributed by atoms with Crippen LogP contribution in [0.1, 0.15) is 78.1 Å². The second kappa shape index (κ2) is 13.9. The second-order valence-corrected chi connectivity index (χ2v) is 12.0. The number of carbonyl (C=O) groups excluding carboxylic acids is 3. The number of H-pyrrole nitrogens is 1. The fourth-order valence-electron chi connectivity index (χ4n) is 5.04. The summed E-state index contributed by atoms with van der Waals surface area (Å²) < 4.78 is 22.7. The highest BCUT2D eigenvalue weighted by Gasteiger charge is 2.56. The lowest BCUT2D eigenvalue weighted by molar-refractivity contribution is -0.162. The summed E-state index contributed by atoms with van der Waals surface area (Å²) in [5, 5.41) is 21.5. The molecule has 0 aromatic carbocycles. The monoisotopic (exact) mass is 591 g/mol. The Morgan fingerprint density at radius 3 is 2.57 bits per heavy atom. The number of methoxy groups -OCH3 is 1. The summed E-state index contributed by atoms with van der Waals surface area (Å²) in [6, 6.07) is 2.30. The van der Waals surface area contributed by atoms with Crippen molar-refractivity contribution >= 4 is 30.0 Å². The number of aromatic amines is 1. The van der Waals surface area contributed by atoms with E-state index in [2.05, 4.69) is 15.3 Å². The third-order valence-electron chi connectivity index (χ3n) is 8.18. The number of amides is 1. The van der Waals surface area contributed by atoms with Crippen LogP contribution in [-0.4, -0.2) is 83.8 Å². The van der Waals surface area contributed by atoms with Crippen molar-refractivity contribution in [2.45, 2.75) is 102 Å². The third kappa shape index (κ3) is 7.63. The molecule has 0 unspecified atom stereocenters. The molecule has 0 radical (unpaired) electrons. The van der Waals surface area contributed by atoms with E-state index in [0.29, 0.717) is 23.7 Å². The Bertz CT molecular complexity index is 1160. The predicted octanol–water partition coefficient (Wildman–Crippen LogP) is 1.90. The molecule has 1 saturated carbocycles. The van der Waals surface area contributed by atoms with E-state index in [1.807, 2.05) is 0 Å². The number of esters is 2. The number of carbonyl (C=O) groups is 3. The summed E-state index contributed by atoms with van der Waals surface area (Å²) in [6.45, 7) is 8.10. The van der Waals surface area contributed by atoms with Crippen molar-refractivity contribution in [3.8, 4) is 0 Å². The van der Waals surface area contributed by atoms with Gasteiger partial charge in [-0.15, -0.1) is 0 Å². The van der Waals surface area contributed by atoms with Crippen LogP contribution in [0.3, 0.4) is 0 Å².